The number of para-hydroxylation sites is 1. The van der Waals surface area contributed by atoms with Crippen molar-refractivity contribution < 1.29 is 0 Å². The van der Waals surface area contributed by atoms with Crippen molar-refractivity contribution in [1.82, 2.24) is 14.5 Å². The van der Waals surface area contributed by atoms with Crippen LogP contribution in [0.2, 0.25) is 0 Å². The highest BCUT2D eigenvalue weighted by Gasteiger charge is 2.17. The summed E-state index contributed by atoms with van der Waals surface area (Å²) in [6.45, 7) is 2.26. The zero-order valence-electron chi connectivity index (χ0n) is 21.3. The molecule has 6 aromatic rings. The van der Waals surface area contributed by atoms with Crippen molar-refractivity contribution in [2.75, 3.05) is 0 Å². The fourth-order valence-corrected chi connectivity index (χ4v) is 5.36. The molecule has 1 aliphatic rings. The molecule has 0 saturated carbocycles. The van der Waals surface area contributed by atoms with Crippen molar-refractivity contribution in [3.05, 3.63) is 133 Å². The van der Waals surface area contributed by atoms with E-state index in [1.807, 2.05) is 12.1 Å². The predicted octanol–water partition coefficient (Wildman–Crippen LogP) is 8.89. The average molecular weight is 490 g/mol. The van der Waals surface area contributed by atoms with Crippen LogP contribution < -0.4 is 0 Å². The Kier molecular flexibility index (Phi) is 5.48. The van der Waals surface area contributed by atoms with E-state index in [0.29, 0.717) is 11.9 Å². The maximum absolute atomic E-state index is 5.12. The standard InChI is InChI=1S/C35H27N3/c1-24-16-18-25(19-17-24)28-20-21-34-30(22-28)29-14-8-9-15-33(29)38(34)35-36-31(26-10-4-2-5-11-26)23-32(37-35)27-12-6-3-7-13-27/h2-16,18-24H,17H2,1H3. The lowest BCUT2D eigenvalue weighted by Gasteiger charge is -2.13. The minimum absolute atomic E-state index is 0.595. The summed E-state index contributed by atoms with van der Waals surface area (Å²) in [5.74, 6) is 1.27. The Hall–Kier alpha value is -4.76. The molecule has 0 amide bonds. The van der Waals surface area contributed by atoms with Crippen molar-refractivity contribution in [3.63, 3.8) is 0 Å². The van der Waals surface area contributed by atoms with E-state index in [1.165, 1.54) is 21.9 Å². The van der Waals surface area contributed by atoms with Crippen molar-refractivity contribution in [1.29, 1.82) is 0 Å². The van der Waals surface area contributed by atoms with Gasteiger partial charge in [-0.05, 0) is 47.7 Å². The van der Waals surface area contributed by atoms with Gasteiger partial charge in [-0.2, -0.15) is 0 Å². The highest BCUT2D eigenvalue weighted by molar-refractivity contribution is 6.10. The van der Waals surface area contributed by atoms with E-state index in [1.54, 1.807) is 0 Å². The summed E-state index contributed by atoms with van der Waals surface area (Å²) in [5, 5.41) is 2.41. The first-order valence-corrected chi connectivity index (χ1v) is 13.2. The minimum Gasteiger partial charge on any atom is -0.278 e. The molecule has 3 heteroatoms. The highest BCUT2D eigenvalue weighted by Crippen LogP contribution is 2.35. The fourth-order valence-electron chi connectivity index (χ4n) is 5.36. The van der Waals surface area contributed by atoms with Crippen molar-refractivity contribution in [2.45, 2.75) is 13.3 Å². The summed E-state index contributed by atoms with van der Waals surface area (Å²) in [6, 6.07) is 38.1. The minimum atomic E-state index is 0.595. The molecule has 0 fully saturated rings. The van der Waals surface area contributed by atoms with Crippen molar-refractivity contribution in [2.24, 2.45) is 5.92 Å². The van der Waals surface area contributed by atoms with Crippen LogP contribution in [0, 0.1) is 5.92 Å². The van der Waals surface area contributed by atoms with Gasteiger partial charge in [0.1, 0.15) is 0 Å². The molecule has 1 unspecified atom stereocenters. The zero-order chi connectivity index (χ0) is 25.5. The molecule has 3 nitrogen and oxygen atoms in total. The molecule has 0 radical (unpaired) electrons. The Bertz CT molecular complexity index is 1790. The second-order valence-corrected chi connectivity index (χ2v) is 9.99. The van der Waals surface area contributed by atoms with Crippen LogP contribution in [0.15, 0.2) is 127 Å². The van der Waals surface area contributed by atoms with E-state index in [9.17, 15) is 0 Å². The average Bonchev–Trinajstić information content (AvgIpc) is 3.32. The van der Waals surface area contributed by atoms with Gasteiger partial charge in [-0.25, -0.2) is 9.97 Å². The first kappa shape index (κ1) is 22.4. The molecular weight excluding hydrogens is 462 g/mol. The van der Waals surface area contributed by atoms with Crippen molar-refractivity contribution in [3.8, 4) is 28.5 Å². The number of fused-ring (bicyclic) bond motifs is 3. The van der Waals surface area contributed by atoms with Crippen LogP contribution in [0.5, 0.6) is 0 Å². The maximum Gasteiger partial charge on any atom is 0.235 e. The molecule has 0 N–H and O–H groups in total. The Morgan fingerprint density at radius 1 is 0.632 bits per heavy atom. The van der Waals surface area contributed by atoms with Crippen LogP contribution in [0.4, 0.5) is 0 Å². The molecule has 0 spiro atoms. The van der Waals surface area contributed by atoms with Crippen LogP contribution in [-0.4, -0.2) is 14.5 Å². The quantitative estimate of drug-likeness (QED) is 0.247. The largest absolute Gasteiger partial charge is 0.278 e. The number of aromatic nitrogens is 3. The van der Waals surface area contributed by atoms with Gasteiger partial charge in [0.2, 0.25) is 5.95 Å². The Morgan fingerprint density at radius 2 is 1.26 bits per heavy atom. The molecule has 0 saturated heterocycles. The second-order valence-electron chi connectivity index (χ2n) is 9.99. The summed E-state index contributed by atoms with van der Waals surface area (Å²) in [4.78, 5) is 10.2. The summed E-state index contributed by atoms with van der Waals surface area (Å²) in [6.07, 6.45) is 7.99. The molecule has 0 aliphatic heterocycles. The van der Waals surface area contributed by atoms with Gasteiger partial charge in [-0.1, -0.05) is 110 Å². The van der Waals surface area contributed by atoms with Crippen LogP contribution in [0.1, 0.15) is 18.9 Å². The third-order valence-electron chi connectivity index (χ3n) is 7.37. The van der Waals surface area contributed by atoms with E-state index in [-0.39, 0.29) is 0 Å². The van der Waals surface area contributed by atoms with Gasteiger partial charge in [0, 0.05) is 21.9 Å². The van der Waals surface area contributed by atoms with E-state index in [0.717, 1.165) is 40.0 Å². The smallest absolute Gasteiger partial charge is 0.235 e. The monoisotopic (exact) mass is 489 g/mol. The molecule has 182 valence electrons. The number of benzene rings is 4. The van der Waals surface area contributed by atoms with Gasteiger partial charge in [-0.3, -0.25) is 4.57 Å². The molecule has 1 aliphatic carbocycles. The lowest BCUT2D eigenvalue weighted by atomic mass is 9.93. The SMILES string of the molecule is CC1C=CC(c2ccc3c(c2)c2ccccc2n3-c2nc(-c3ccccc3)cc(-c3ccccc3)n2)=CC1. The summed E-state index contributed by atoms with van der Waals surface area (Å²) < 4.78 is 2.21. The van der Waals surface area contributed by atoms with E-state index in [4.69, 9.17) is 9.97 Å². The van der Waals surface area contributed by atoms with Gasteiger partial charge < -0.3 is 0 Å². The first-order chi connectivity index (χ1) is 18.7. The molecule has 2 aromatic heterocycles. The van der Waals surface area contributed by atoms with Gasteiger partial charge in [0.15, 0.2) is 0 Å². The molecule has 1 atom stereocenters. The van der Waals surface area contributed by atoms with Crippen LogP contribution in [0.3, 0.4) is 0 Å². The number of hydrogen-bond donors (Lipinski definition) is 0. The summed E-state index contributed by atoms with van der Waals surface area (Å²) in [5.41, 5.74) is 8.69. The lowest BCUT2D eigenvalue weighted by molar-refractivity contribution is 0.739. The van der Waals surface area contributed by atoms with Crippen molar-refractivity contribution >= 4 is 27.4 Å². The Morgan fingerprint density at radius 3 is 1.92 bits per heavy atom. The summed E-state index contributed by atoms with van der Waals surface area (Å²) in [7, 11) is 0. The summed E-state index contributed by atoms with van der Waals surface area (Å²) >= 11 is 0. The molecule has 4 aromatic carbocycles. The lowest BCUT2D eigenvalue weighted by Crippen LogP contribution is -2.04. The second kappa shape index (κ2) is 9.28. The zero-order valence-corrected chi connectivity index (χ0v) is 21.3. The number of hydrogen-bond acceptors (Lipinski definition) is 2. The Labute approximate surface area is 222 Å². The van der Waals surface area contributed by atoms with E-state index in [2.05, 4.69) is 127 Å². The molecule has 38 heavy (non-hydrogen) atoms. The van der Waals surface area contributed by atoms with E-state index < -0.39 is 0 Å². The van der Waals surface area contributed by atoms with Gasteiger partial charge in [-0.15, -0.1) is 0 Å². The molecular formula is C35H27N3. The number of rotatable bonds is 4. The van der Waals surface area contributed by atoms with Gasteiger partial charge in [0.25, 0.3) is 0 Å². The topological polar surface area (TPSA) is 30.7 Å². The Balaban J connectivity index is 1.48. The van der Waals surface area contributed by atoms with Crippen LogP contribution in [0.25, 0.3) is 55.8 Å². The molecule has 7 rings (SSSR count). The van der Waals surface area contributed by atoms with Gasteiger partial charge in [0.05, 0.1) is 22.4 Å². The van der Waals surface area contributed by atoms with Crippen LogP contribution in [-0.2, 0) is 0 Å². The van der Waals surface area contributed by atoms with Crippen LogP contribution >= 0.6 is 0 Å². The first-order valence-electron chi connectivity index (χ1n) is 13.2. The predicted molar refractivity (Wildman–Crippen MR) is 158 cm³/mol. The molecule has 2 heterocycles. The highest BCUT2D eigenvalue weighted by atomic mass is 15.2. The van der Waals surface area contributed by atoms with E-state index >= 15 is 0 Å². The number of nitrogens with zero attached hydrogens (tertiary/aromatic N) is 3. The normalized spacial score (nSPS) is 15.2. The maximum atomic E-state index is 5.12. The van der Waals surface area contributed by atoms with Gasteiger partial charge >= 0.3 is 0 Å². The third-order valence-corrected chi connectivity index (χ3v) is 7.37. The third kappa shape index (κ3) is 3.93. The number of allylic oxidation sites excluding steroid dienone is 4. The fraction of sp³-hybridized carbons (Fsp3) is 0.0857. The molecule has 0 bridgehead atoms.